The molecule has 1 aromatic heterocycles. The van der Waals surface area contributed by atoms with Gasteiger partial charge in [-0.15, -0.1) is 0 Å². The number of carbonyl (C=O) groups excluding carboxylic acids is 1. The number of nitrogens with zero attached hydrogens (tertiary/aromatic N) is 3. The number of piperidine rings is 2. The molecule has 0 radical (unpaired) electrons. The van der Waals surface area contributed by atoms with Crippen LogP contribution in [0.15, 0.2) is 65.1 Å². The first kappa shape index (κ1) is 22.1. The van der Waals surface area contributed by atoms with Gasteiger partial charge < -0.3 is 14.2 Å². The van der Waals surface area contributed by atoms with E-state index in [0.717, 1.165) is 41.7 Å². The summed E-state index contributed by atoms with van der Waals surface area (Å²) in [5, 5.41) is 0.637. The number of aryl methyl sites for hydroxylation is 1. The normalized spacial score (nSPS) is 19.9. The highest BCUT2D eigenvalue weighted by atomic mass is 35.5. The minimum atomic E-state index is -0.243. The average Bonchev–Trinajstić information content (AvgIpc) is 3.28. The van der Waals surface area contributed by atoms with Crippen molar-refractivity contribution >= 4 is 34.6 Å². The number of hydrogen-bond donors (Lipinski definition) is 0. The van der Waals surface area contributed by atoms with Gasteiger partial charge in [-0.25, -0.2) is 4.39 Å². The Balaban J connectivity index is 1.22. The second-order valence-corrected chi connectivity index (χ2v) is 10.1. The third kappa shape index (κ3) is 4.16. The van der Waals surface area contributed by atoms with Crippen molar-refractivity contribution in [3.8, 4) is 11.1 Å². The molecule has 4 aromatic rings. The molecule has 178 valence electrons. The number of amides is 1. The highest BCUT2D eigenvalue weighted by Crippen LogP contribution is 2.35. The molecule has 3 aromatic carbocycles. The van der Waals surface area contributed by atoms with Crippen LogP contribution in [0.2, 0.25) is 5.02 Å². The number of carbonyl (C=O) groups is 1. The summed E-state index contributed by atoms with van der Waals surface area (Å²) in [6.07, 6.45) is 1.09. The summed E-state index contributed by atoms with van der Waals surface area (Å²) in [6, 6.07) is 18.7. The van der Waals surface area contributed by atoms with E-state index in [1.165, 1.54) is 6.07 Å². The van der Waals surface area contributed by atoms with E-state index in [1.807, 2.05) is 41.3 Å². The SMILES string of the molecule is Cc1cc(-c2ccccc2C(=O)N2CC3CC(C2)CN(c2nc4cc(Cl)ccc4o2)C3)ccc1F. The summed E-state index contributed by atoms with van der Waals surface area (Å²) >= 11 is 6.10. The van der Waals surface area contributed by atoms with E-state index in [4.69, 9.17) is 16.0 Å². The van der Waals surface area contributed by atoms with Crippen LogP contribution in [0.3, 0.4) is 0 Å². The van der Waals surface area contributed by atoms with Gasteiger partial charge in [0, 0.05) is 36.8 Å². The molecule has 2 aliphatic heterocycles. The number of aromatic nitrogens is 1. The van der Waals surface area contributed by atoms with Crippen LogP contribution in [0.4, 0.5) is 10.4 Å². The van der Waals surface area contributed by atoms with Crippen molar-refractivity contribution in [2.45, 2.75) is 13.3 Å². The molecule has 2 unspecified atom stereocenters. The van der Waals surface area contributed by atoms with Crippen molar-refractivity contribution in [3.05, 3.63) is 82.6 Å². The number of likely N-dealkylation sites (tertiary alicyclic amines) is 1. The predicted molar refractivity (Wildman–Crippen MR) is 135 cm³/mol. The third-order valence-corrected chi connectivity index (χ3v) is 7.34. The first-order chi connectivity index (χ1) is 16.9. The van der Waals surface area contributed by atoms with Crippen LogP contribution in [0, 0.1) is 24.6 Å². The van der Waals surface area contributed by atoms with E-state index in [9.17, 15) is 9.18 Å². The van der Waals surface area contributed by atoms with Crippen LogP contribution in [0.25, 0.3) is 22.2 Å². The van der Waals surface area contributed by atoms with Crippen molar-refractivity contribution in [1.82, 2.24) is 9.88 Å². The fourth-order valence-electron chi connectivity index (χ4n) is 5.53. The van der Waals surface area contributed by atoms with E-state index < -0.39 is 0 Å². The second kappa shape index (κ2) is 8.68. The fraction of sp³-hybridized carbons (Fsp3) is 0.286. The molecule has 2 fully saturated rings. The minimum Gasteiger partial charge on any atom is -0.423 e. The van der Waals surface area contributed by atoms with E-state index in [1.54, 1.807) is 25.1 Å². The molecule has 0 saturated carbocycles. The van der Waals surface area contributed by atoms with Gasteiger partial charge in [0.25, 0.3) is 11.9 Å². The van der Waals surface area contributed by atoms with Gasteiger partial charge in [0.1, 0.15) is 11.3 Å². The van der Waals surface area contributed by atoms with Gasteiger partial charge in [0.2, 0.25) is 0 Å². The van der Waals surface area contributed by atoms with Gasteiger partial charge in [-0.2, -0.15) is 4.98 Å². The number of hydrogen-bond acceptors (Lipinski definition) is 4. The zero-order valence-electron chi connectivity index (χ0n) is 19.4. The molecule has 0 aliphatic carbocycles. The second-order valence-electron chi connectivity index (χ2n) is 9.70. The van der Waals surface area contributed by atoms with E-state index in [0.29, 0.717) is 47.1 Å². The Kier molecular flexibility index (Phi) is 5.49. The summed E-state index contributed by atoms with van der Waals surface area (Å²) in [4.78, 5) is 22.5. The summed E-state index contributed by atoms with van der Waals surface area (Å²) in [6.45, 7) is 4.70. The molecule has 6 rings (SSSR count). The van der Waals surface area contributed by atoms with Crippen molar-refractivity contribution in [2.75, 3.05) is 31.1 Å². The Hall–Kier alpha value is -3.38. The Labute approximate surface area is 208 Å². The number of anilines is 1. The molecule has 35 heavy (non-hydrogen) atoms. The summed E-state index contributed by atoms with van der Waals surface area (Å²) in [5.41, 5.74) is 4.40. The lowest BCUT2D eigenvalue weighted by Crippen LogP contribution is -2.54. The van der Waals surface area contributed by atoms with Gasteiger partial charge in [-0.05, 0) is 78.3 Å². The van der Waals surface area contributed by atoms with Gasteiger partial charge in [-0.3, -0.25) is 4.79 Å². The fourth-order valence-corrected chi connectivity index (χ4v) is 5.70. The first-order valence-corrected chi connectivity index (χ1v) is 12.3. The molecule has 5 nitrogen and oxygen atoms in total. The zero-order chi connectivity index (χ0) is 24.1. The third-order valence-electron chi connectivity index (χ3n) is 7.10. The molecule has 2 aliphatic rings. The molecular formula is C28H25ClFN3O2. The summed E-state index contributed by atoms with van der Waals surface area (Å²) in [5.74, 6) is 0.464. The van der Waals surface area contributed by atoms with Gasteiger partial charge >= 0.3 is 0 Å². The molecule has 3 heterocycles. The molecule has 7 heteroatoms. The summed E-state index contributed by atoms with van der Waals surface area (Å²) < 4.78 is 19.8. The Morgan fingerprint density at radius 2 is 1.80 bits per heavy atom. The van der Waals surface area contributed by atoms with E-state index in [-0.39, 0.29) is 11.7 Å². The van der Waals surface area contributed by atoms with E-state index >= 15 is 0 Å². The first-order valence-electron chi connectivity index (χ1n) is 11.9. The number of rotatable bonds is 3. The smallest absolute Gasteiger partial charge is 0.298 e. The van der Waals surface area contributed by atoms with Crippen molar-refractivity contribution in [1.29, 1.82) is 0 Å². The molecule has 2 bridgehead atoms. The van der Waals surface area contributed by atoms with Crippen LogP contribution < -0.4 is 4.90 Å². The Morgan fingerprint density at radius 3 is 2.57 bits per heavy atom. The minimum absolute atomic E-state index is 0.0298. The van der Waals surface area contributed by atoms with Crippen LogP contribution in [0.1, 0.15) is 22.3 Å². The van der Waals surface area contributed by atoms with Crippen LogP contribution in [0.5, 0.6) is 0 Å². The highest BCUT2D eigenvalue weighted by molar-refractivity contribution is 6.31. The maximum atomic E-state index is 13.8. The number of fused-ring (bicyclic) bond motifs is 3. The van der Waals surface area contributed by atoms with Crippen molar-refractivity contribution in [2.24, 2.45) is 11.8 Å². The quantitative estimate of drug-likeness (QED) is 0.344. The molecule has 0 spiro atoms. The molecular weight excluding hydrogens is 465 g/mol. The van der Waals surface area contributed by atoms with Crippen molar-refractivity contribution < 1.29 is 13.6 Å². The van der Waals surface area contributed by atoms with Crippen molar-refractivity contribution in [3.63, 3.8) is 0 Å². The highest BCUT2D eigenvalue weighted by Gasteiger charge is 2.38. The molecule has 2 saturated heterocycles. The topological polar surface area (TPSA) is 49.6 Å². The zero-order valence-corrected chi connectivity index (χ0v) is 20.1. The van der Waals surface area contributed by atoms with Gasteiger partial charge in [0.15, 0.2) is 5.58 Å². The maximum absolute atomic E-state index is 13.8. The molecule has 0 N–H and O–H groups in total. The number of benzene rings is 3. The Bertz CT molecular complexity index is 1420. The van der Waals surface area contributed by atoms with Crippen LogP contribution in [-0.2, 0) is 0 Å². The predicted octanol–water partition coefficient (Wildman–Crippen LogP) is 6.19. The van der Waals surface area contributed by atoms with Crippen LogP contribution >= 0.6 is 11.6 Å². The lowest BCUT2D eigenvalue weighted by Gasteiger charge is -2.45. The molecule has 2 atom stereocenters. The number of halogens is 2. The molecule has 1 amide bonds. The lowest BCUT2D eigenvalue weighted by molar-refractivity contribution is 0.0562. The van der Waals surface area contributed by atoms with Gasteiger partial charge in [0.05, 0.1) is 0 Å². The maximum Gasteiger partial charge on any atom is 0.298 e. The Morgan fingerprint density at radius 1 is 1.03 bits per heavy atom. The number of oxazole rings is 1. The van der Waals surface area contributed by atoms with E-state index in [2.05, 4.69) is 9.88 Å². The largest absolute Gasteiger partial charge is 0.423 e. The van der Waals surface area contributed by atoms with Gasteiger partial charge in [-0.1, -0.05) is 35.9 Å². The lowest BCUT2D eigenvalue weighted by atomic mass is 9.84. The summed E-state index contributed by atoms with van der Waals surface area (Å²) in [7, 11) is 0. The standard InChI is InChI=1S/C28H25ClFN3O2/c1-17-10-20(6-8-24(17)30)22-4-2-3-5-23(22)27(34)32-13-18-11-19(14-32)16-33(15-18)28-31-25-12-21(29)7-9-26(25)35-28/h2-10,12,18-19H,11,13-16H2,1H3. The average molecular weight is 490 g/mol. The monoisotopic (exact) mass is 489 g/mol. The van der Waals surface area contributed by atoms with Crippen LogP contribution in [-0.4, -0.2) is 42.0 Å².